The van der Waals surface area contributed by atoms with Crippen LogP contribution in [0.2, 0.25) is 0 Å². The fraction of sp³-hybridized carbons (Fsp3) is 1.00. The van der Waals surface area contributed by atoms with Crippen LogP contribution < -0.4 is 0 Å². The Balaban J connectivity index is 3.32. The van der Waals surface area contributed by atoms with Gasteiger partial charge in [-0.2, -0.15) is 0 Å². The molecule has 2 unspecified atom stereocenters. The highest BCUT2D eigenvalue weighted by Gasteiger charge is 2.10. The van der Waals surface area contributed by atoms with Crippen LogP contribution in [0.15, 0.2) is 0 Å². The molecule has 0 aromatic heterocycles. The van der Waals surface area contributed by atoms with Crippen molar-refractivity contribution in [3.63, 3.8) is 0 Å². The first-order valence-electron chi connectivity index (χ1n) is 3.52. The maximum absolute atomic E-state index is 9.13. The van der Waals surface area contributed by atoms with Crippen molar-refractivity contribution in [1.29, 1.82) is 0 Å². The summed E-state index contributed by atoms with van der Waals surface area (Å²) in [6.45, 7) is 6.44. The fourth-order valence-electron chi connectivity index (χ4n) is 0.706. The number of aliphatic hydroxyl groups excluding tert-OH is 1. The predicted octanol–water partition coefficient (Wildman–Crippen LogP) is 1.18. The summed E-state index contributed by atoms with van der Waals surface area (Å²) in [6, 6.07) is 0. The van der Waals surface area contributed by atoms with Gasteiger partial charge in [-0.05, 0) is 20.3 Å². The summed E-state index contributed by atoms with van der Waals surface area (Å²) in [4.78, 5) is 0. The van der Waals surface area contributed by atoms with Gasteiger partial charge >= 0.3 is 0 Å². The smallest absolute Gasteiger partial charge is 0.0805 e. The van der Waals surface area contributed by atoms with Crippen LogP contribution in [0.25, 0.3) is 0 Å². The van der Waals surface area contributed by atoms with Gasteiger partial charge in [-0.1, -0.05) is 6.92 Å². The van der Waals surface area contributed by atoms with Crippen molar-refractivity contribution < 1.29 is 9.84 Å². The molecule has 2 nitrogen and oxygen atoms in total. The highest BCUT2D eigenvalue weighted by Crippen LogP contribution is 2.01. The summed E-state index contributed by atoms with van der Waals surface area (Å²) in [5, 5.41) is 9.13. The zero-order valence-corrected chi connectivity index (χ0v) is 6.42. The van der Waals surface area contributed by atoms with E-state index in [2.05, 4.69) is 0 Å². The molecule has 0 rings (SSSR count). The van der Waals surface area contributed by atoms with Gasteiger partial charge in [0.1, 0.15) is 0 Å². The van der Waals surface area contributed by atoms with E-state index in [0.717, 1.165) is 6.42 Å². The largest absolute Gasteiger partial charge is 0.390 e. The van der Waals surface area contributed by atoms with Gasteiger partial charge in [0.15, 0.2) is 0 Å². The minimum Gasteiger partial charge on any atom is -0.390 e. The van der Waals surface area contributed by atoms with E-state index in [0.29, 0.717) is 6.61 Å². The summed E-state index contributed by atoms with van der Waals surface area (Å²) in [6.07, 6.45) is 0.450. The Morgan fingerprint density at radius 2 is 2.00 bits per heavy atom. The van der Waals surface area contributed by atoms with Gasteiger partial charge in [-0.3, -0.25) is 0 Å². The van der Waals surface area contributed by atoms with Crippen LogP contribution in [0, 0.1) is 0 Å². The highest BCUT2D eigenvalue weighted by atomic mass is 16.5. The Kier molecular flexibility index (Phi) is 4.72. The number of aliphatic hydroxyl groups is 1. The maximum Gasteiger partial charge on any atom is 0.0805 e. The molecule has 56 valence electrons. The minimum atomic E-state index is -0.301. The molecule has 0 aliphatic heterocycles. The van der Waals surface area contributed by atoms with E-state index in [1.165, 1.54) is 0 Å². The lowest BCUT2D eigenvalue weighted by Gasteiger charge is -2.16. The maximum atomic E-state index is 9.13. The zero-order valence-electron chi connectivity index (χ0n) is 6.42. The van der Waals surface area contributed by atoms with Crippen LogP contribution in [-0.4, -0.2) is 23.9 Å². The second-order valence-electron chi connectivity index (χ2n) is 2.14. The first-order chi connectivity index (χ1) is 4.22. The third-order valence-corrected chi connectivity index (χ3v) is 1.39. The Labute approximate surface area is 56.8 Å². The molecule has 0 fully saturated rings. The zero-order chi connectivity index (χ0) is 7.28. The van der Waals surface area contributed by atoms with Crippen LogP contribution in [0.3, 0.4) is 0 Å². The predicted molar refractivity (Wildman–Crippen MR) is 37.4 cm³/mol. The van der Waals surface area contributed by atoms with Gasteiger partial charge in [-0.15, -0.1) is 0 Å². The molecule has 1 N–H and O–H groups in total. The Morgan fingerprint density at radius 1 is 1.44 bits per heavy atom. The molecule has 0 bridgehead atoms. The molecule has 9 heavy (non-hydrogen) atoms. The first kappa shape index (κ1) is 8.92. The molecule has 0 aliphatic rings. The SMILES string of the molecule is CCOC(C)C(O)CC. The number of hydrogen-bond donors (Lipinski definition) is 1. The molecule has 2 heteroatoms. The normalized spacial score (nSPS) is 17.3. The van der Waals surface area contributed by atoms with Gasteiger partial charge in [-0.25, -0.2) is 0 Å². The van der Waals surface area contributed by atoms with Crippen LogP contribution in [0.4, 0.5) is 0 Å². The van der Waals surface area contributed by atoms with Gasteiger partial charge in [0.2, 0.25) is 0 Å². The number of ether oxygens (including phenoxy) is 1. The van der Waals surface area contributed by atoms with E-state index in [4.69, 9.17) is 9.84 Å². The minimum absolute atomic E-state index is 0.0139. The lowest BCUT2D eigenvalue weighted by molar-refractivity contribution is -0.0225. The summed E-state index contributed by atoms with van der Waals surface area (Å²) in [5.74, 6) is 0. The third-order valence-electron chi connectivity index (χ3n) is 1.39. The van der Waals surface area contributed by atoms with Crippen LogP contribution in [0.5, 0.6) is 0 Å². The first-order valence-corrected chi connectivity index (χ1v) is 3.52. The van der Waals surface area contributed by atoms with Crippen LogP contribution in [0.1, 0.15) is 27.2 Å². The number of hydrogen-bond acceptors (Lipinski definition) is 2. The van der Waals surface area contributed by atoms with Crippen LogP contribution in [-0.2, 0) is 4.74 Å². The van der Waals surface area contributed by atoms with Gasteiger partial charge < -0.3 is 9.84 Å². The molecule has 0 saturated carbocycles. The fourth-order valence-corrected chi connectivity index (χ4v) is 0.706. The molecular weight excluding hydrogens is 116 g/mol. The van der Waals surface area contributed by atoms with Crippen molar-refractivity contribution in [3.05, 3.63) is 0 Å². The average molecular weight is 132 g/mol. The Morgan fingerprint density at radius 3 is 2.33 bits per heavy atom. The van der Waals surface area contributed by atoms with Crippen molar-refractivity contribution in [1.82, 2.24) is 0 Å². The molecule has 0 aromatic rings. The van der Waals surface area contributed by atoms with E-state index in [9.17, 15) is 0 Å². The third kappa shape index (κ3) is 3.49. The molecule has 0 saturated heterocycles. The molecule has 2 atom stereocenters. The second-order valence-corrected chi connectivity index (χ2v) is 2.14. The van der Waals surface area contributed by atoms with Gasteiger partial charge in [0.25, 0.3) is 0 Å². The highest BCUT2D eigenvalue weighted by molar-refractivity contribution is 4.60. The lowest BCUT2D eigenvalue weighted by atomic mass is 10.2. The summed E-state index contributed by atoms with van der Waals surface area (Å²) < 4.78 is 5.14. The molecule has 0 spiro atoms. The van der Waals surface area contributed by atoms with Crippen molar-refractivity contribution >= 4 is 0 Å². The van der Waals surface area contributed by atoms with E-state index in [1.54, 1.807) is 0 Å². The van der Waals surface area contributed by atoms with Gasteiger partial charge in [0.05, 0.1) is 12.2 Å². The summed E-state index contributed by atoms with van der Waals surface area (Å²) >= 11 is 0. The Bertz CT molecular complexity index is 63.9. The topological polar surface area (TPSA) is 29.5 Å². The van der Waals surface area contributed by atoms with E-state index in [1.807, 2.05) is 20.8 Å². The standard InChI is InChI=1S/C7H16O2/c1-4-7(8)6(3)9-5-2/h6-8H,4-5H2,1-3H3. The quantitative estimate of drug-likeness (QED) is 0.622. The molecule has 0 heterocycles. The molecule has 0 aromatic carbocycles. The molecule has 0 radical (unpaired) electrons. The average Bonchev–Trinajstić information content (AvgIpc) is 1.87. The summed E-state index contributed by atoms with van der Waals surface area (Å²) in [7, 11) is 0. The number of rotatable bonds is 4. The van der Waals surface area contributed by atoms with Crippen molar-refractivity contribution in [2.75, 3.05) is 6.61 Å². The van der Waals surface area contributed by atoms with Gasteiger partial charge in [0, 0.05) is 6.61 Å². The monoisotopic (exact) mass is 132 g/mol. The van der Waals surface area contributed by atoms with E-state index < -0.39 is 0 Å². The van der Waals surface area contributed by atoms with Crippen molar-refractivity contribution in [3.8, 4) is 0 Å². The van der Waals surface area contributed by atoms with Crippen molar-refractivity contribution in [2.24, 2.45) is 0 Å². The lowest BCUT2D eigenvalue weighted by Crippen LogP contribution is -2.24. The Hall–Kier alpha value is -0.0800. The van der Waals surface area contributed by atoms with Crippen LogP contribution >= 0.6 is 0 Å². The van der Waals surface area contributed by atoms with E-state index in [-0.39, 0.29) is 12.2 Å². The molecule has 0 aliphatic carbocycles. The molecule has 0 amide bonds. The molecular formula is C7H16O2. The van der Waals surface area contributed by atoms with E-state index >= 15 is 0 Å². The van der Waals surface area contributed by atoms with Crippen molar-refractivity contribution in [2.45, 2.75) is 39.4 Å². The summed E-state index contributed by atoms with van der Waals surface area (Å²) in [5.41, 5.74) is 0. The second kappa shape index (κ2) is 4.77.